The summed E-state index contributed by atoms with van der Waals surface area (Å²) in [6, 6.07) is 77.2. The number of nitrogens with zero attached hydrogens (tertiary/aromatic N) is 2. The highest BCUT2D eigenvalue weighted by molar-refractivity contribution is 6.36. The first-order chi connectivity index (χ1) is 30.1. The Morgan fingerprint density at radius 1 is 0.377 bits per heavy atom. The van der Waals surface area contributed by atoms with Crippen LogP contribution in [0.2, 0.25) is 0 Å². The van der Waals surface area contributed by atoms with Crippen molar-refractivity contribution < 1.29 is 0 Å². The van der Waals surface area contributed by atoms with Crippen molar-refractivity contribution in [3.63, 3.8) is 0 Å². The van der Waals surface area contributed by atoms with E-state index in [0.29, 0.717) is 11.5 Å². The molecule has 2 heterocycles. The molecule has 0 radical (unpaired) electrons. The number of aromatic nitrogens is 2. The molecule has 0 fully saturated rings. The topological polar surface area (TPSA) is 61.7 Å². The van der Waals surface area contributed by atoms with Crippen molar-refractivity contribution in [1.82, 2.24) is 15.3 Å². The molecular formula is C57H40N4. The zero-order valence-corrected chi connectivity index (χ0v) is 33.3. The van der Waals surface area contributed by atoms with Gasteiger partial charge in [-0.25, -0.2) is 9.97 Å². The summed E-state index contributed by atoms with van der Waals surface area (Å²) in [7, 11) is 0. The van der Waals surface area contributed by atoms with E-state index in [4.69, 9.17) is 9.97 Å². The lowest BCUT2D eigenvalue weighted by molar-refractivity contribution is 1.18. The van der Waals surface area contributed by atoms with Gasteiger partial charge >= 0.3 is 0 Å². The van der Waals surface area contributed by atoms with Gasteiger partial charge in [0.15, 0.2) is 5.82 Å². The lowest BCUT2D eigenvalue weighted by Gasteiger charge is -2.27. The molecule has 8 aromatic carbocycles. The van der Waals surface area contributed by atoms with Crippen LogP contribution in [0.15, 0.2) is 224 Å². The molecule has 0 saturated heterocycles. The van der Waals surface area contributed by atoms with Gasteiger partial charge in [-0.3, -0.25) is 5.41 Å². The van der Waals surface area contributed by atoms with Crippen molar-refractivity contribution in [3.05, 3.63) is 252 Å². The van der Waals surface area contributed by atoms with Crippen LogP contribution in [0, 0.1) is 5.41 Å². The standard InChI is InChI=1S/C57H40N4/c58-55(46-22-12-4-13-23-46)54(45-20-10-3-11-21-45)56-50-36-48(34-35-49(50)37-51(59-56)42-18-8-2-9-19-42)41-28-32-44(33-29-41)53-38-52(60-57(61-53)47-24-14-5-15-25-47)43-30-26-40(27-31-43)39-16-6-1-7-17-39/h1-38,58-59H/b56-54-,58-55?. The maximum Gasteiger partial charge on any atom is 0.160 e. The second-order valence-electron chi connectivity index (χ2n) is 15.1. The maximum atomic E-state index is 9.65. The fraction of sp³-hybridized carbons (Fsp3) is 0. The number of allylic oxidation sites excluding steroid dienone is 1. The molecule has 4 heteroatoms. The Morgan fingerprint density at radius 2 is 0.803 bits per heavy atom. The minimum Gasteiger partial charge on any atom is -0.354 e. The van der Waals surface area contributed by atoms with E-state index in [9.17, 15) is 5.41 Å². The molecule has 0 bridgehead atoms. The molecule has 0 unspecified atom stereocenters. The smallest absolute Gasteiger partial charge is 0.160 e. The van der Waals surface area contributed by atoms with Crippen molar-refractivity contribution in [3.8, 4) is 56.2 Å². The SMILES string of the molecule is N=C(/C(=C1\NC(c2ccccc2)=Cc2ccc(-c3ccc(-c4cc(-c5ccc(-c6ccccc6)cc5)nc(-c5ccccc5)n4)cc3)cc21)c1ccccc1)c1ccccc1. The minimum absolute atomic E-state index is 0.454. The number of fused-ring (bicyclic) bond motifs is 1. The maximum absolute atomic E-state index is 9.65. The molecule has 2 N–H and O–H groups in total. The first-order valence-electron chi connectivity index (χ1n) is 20.5. The number of benzene rings is 8. The summed E-state index contributed by atoms with van der Waals surface area (Å²) < 4.78 is 0. The summed E-state index contributed by atoms with van der Waals surface area (Å²) in [5, 5.41) is 13.5. The molecule has 0 atom stereocenters. The summed E-state index contributed by atoms with van der Waals surface area (Å²) in [6.07, 6.45) is 2.21. The Hall–Kier alpha value is -8.21. The number of hydrogen-bond acceptors (Lipinski definition) is 4. The quantitative estimate of drug-likeness (QED) is 0.143. The Kier molecular flexibility index (Phi) is 10.1. The summed E-state index contributed by atoms with van der Waals surface area (Å²) in [6.45, 7) is 0. The molecule has 288 valence electrons. The van der Waals surface area contributed by atoms with Crippen LogP contribution < -0.4 is 5.32 Å². The Balaban J connectivity index is 1.06. The number of hydrogen-bond donors (Lipinski definition) is 2. The summed E-state index contributed by atoms with van der Waals surface area (Å²) in [4.78, 5) is 10.2. The van der Waals surface area contributed by atoms with Crippen LogP contribution in [0.1, 0.15) is 27.8 Å². The van der Waals surface area contributed by atoms with Gasteiger partial charge in [0.05, 0.1) is 22.8 Å². The highest BCUT2D eigenvalue weighted by Crippen LogP contribution is 2.39. The van der Waals surface area contributed by atoms with Gasteiger partial charge in [-0.15, -0.1) is 0 Å². The van der Waals surface area contributed by atoms with E-state index in [-0.39, 0.29) is 0 Å². The van der Waals surface area contributed by atoms with Gasteiger partial charge in [-0.05, 0) is 57.2 Å². The molecule has 1 aliphatic rings. The van der Waals surface area contributed by atoms with Crippen LogP contribution in [0.25, 0.3) is 79.2 Å². The van der Waals surface area contributed by atoms with Crippen LogP contribution in [0.3, 0.4) is 0 Å². The van der Waals surface area contributed by atoms with E-state index < -0.39 is 0 Å². The second kappa shape index (κ2) is 16.6. The predicted octanol–water partition coefficient (Wildman–Crippen LogP) is 13.8. The second-order valence-corrected chi connectivity index (χ2v) is 15.1. The highest BCUT2D eigenvalue weighted by Gasteiger charge is 2.24. The molecule has 61 heavy (non-hydrogen) atoms. The minimum atomic E-state index is 0.454. The molecule has 0 aliphatic carbocycles. The van der Waals surface area contributed by atoms with Crippen molar-refractivity contribution >= 4 is 28.8 Å². The summed E-state index contributed by atoms with van der Waals surface area (Å²) >= 11 is 0. The van der Waals surface area contributed by atoms with Crippen molar-refractivity contribution in [1.29, 1.82) is 5.41 Å². The van der Waals surface area contributed by atoms with Gasteiger partial charge in [0, 0.05) is 39.1 Å². The number of nitrogens with one attached hydrogen (secondary N) is 2. The van der Waals surface area contributed by atoms with Crippen LogP contribution in [-0.4, -0.2) is 15.7 Å². The van der Waals surface area contributed by atoms with E-state index in [0.717, 1.165) is 89.6 Å². The first kappa shape index (κ1) is 37.1. The van der Waals surface area contributed by atoms with E-state index in [1.54, 1.807) is 0 Å². The van der Waals surface area contributed by atoms with Gasteiger partial charge < -0.3 is 5.32 Å². The largest absolute Gasteiger partial charge is 0.354 e. The predicted molar refractivity (Wildman–Crippen MR) is 253 cm³/mol. The van der Waals surface area contributed by atoms with Gasteiger partial charge in [0.25, 0.3) is 0 Å². The molecule has 4 nitrogen and oxygen atoms in total. The molecule has 0 amide bonds. The molecule has 0 spiro atoms. The zero-order chi connectivity index (χ0) is 41.0. The lowest BCUT2D eigenvalue weighted by Crippen LogP contribution is -2.20. The molecule has 1 aliphatic heterocycles. The molecule has 0 saturated carbocycles. The monoisotopic (exact) mass is 780 g/mol. The zero-order valence-electron chi connectivity index (χ0n) is 33.3. The summed E-state index contributed by atoms with van der Waals surface area (Å²) in [5.74, 6) is 0.684. The number of rotatable bonds is 9. The fourth-order valence-corrected chi connectivity index (χ4v) is 7.97. The third-order valence-corrected chi connectivity index (χ3v) is 11.2. The van der Waals surface area contributed by atoms with Gasteiger partial charge in [0.1, 0.15) is 0 Å². The van der Waals surface area contributed by atoms with Gasteiger partial charge in [0.2, 0.25) is 0 Å². The fourth-order valence-electron chi connectivity index (χ4n) is 7.97. The average molecular weight is 781 g/mol. The Bertz CT molecular complexity index is 3050. The lowest BCUT2D eigenvalue weighted by atomic mass is 9.86. The molecule has 10 rings (SSSR count). The first-order valence-corrected chi connectivity index (χ1v) is 20.5. The van der Waals surface area contributed by atoms with E-state index in [1.807, 2.05) is 78.9 Å². The third-order valence-electron chi connectivity index (χ3n) is 11.2. The van der Waals surface area contributed by atoms with Crippen molar-refractivity contribution in [2.75, 3.05) is 0 Å². The van der Waals surface area contributed by atoms with E-state index >= 15 is 0 Å². The average Bonchev–Trinajstić information content (AvgIpc) is 3.35. The molecule has 1 aromatic heterocycles. The van der Waals surface area contributed by atoms with E-state index in [1.165, 1.54) is 5.56 Å². The Morgan fingerprint density at radius 3 is 1.36 bits per heavy atom. The molecule has 9 aromatic rings. The van der Waals surface area contributed by atoms with Crippen LogP contribution in [0.4, 0.5) is 0 Å². The third kappa shape index (κ3) is 7.74. The highest BCUT2D eigenvalue weighted by atomic mass is 14.9. The van der Waals surface area contributed by atoms with Crippen LogP contribution in [-0.2, 0) is 0 Å². The molecular weight excluding hydrogens is 741 g/mol. The van der Waals surface area contributed by atoms with Crippen molar-refractivity contribution in [2.24, 2.45) is 0 Å². The van der Waals surface area contributed by atoms with E-state index in [2.05, 4.69) is 157 Å². The summed E-state index contributed by atoms with van der Waals surface area (Å²) in [5.41, 5.74) is 17.4. The van der Waals surface area contributed by atoms with Crippen LogP contribution >= 0.6 is 0 Å². The van der Waals surface area contributed by atoms with Gasteiger partial charge in [-0.1, -0.05) is 212 Å². The Labute approximate surface area is 356 Å². The van der Waals surface area contributed by atoms with Crippen LogP contribution in [0.5, 0.6) is 0 Å². The van der Waals surface area contributed by atoms with Gasteiger partial charge in [-0.2, -0.15) is 0 Å². The van der Waals surface area contributed by atoms with Crippen molar-refractivity contribution in [2.45, 2.75) is 0 Å². The normalized spacial score (nSPS) is 12.8.